The second kappa shape index (κ2) is 8.57. The summed E-state index contributed by atoms with van der Waals surface area (Å²) in [6.07, 6.45) is -1.31. The Kier molecular flexibility index (Phi) is 5.95. The van der Waals surface area contributed by atoms with Crippen molar-refractivity contribution in [2.45, 2.75) is 51.3 Å². The first-order valence-electron chi connectivity index (χ1n) is 10.8. The number of nitrogens with one attached hydrogen (secondary N) is 1. The van der Waals surface area contributed by atoms with Crippen LogP contribution in [-0.4, -0.2) is 23.9 Å². The molecule has 0 bridgehead atoms. The van der Waals surface area contributed by atoms with Crippen molar-refractivity contribution >= 4 is 23.0 Å². The molecule has 0 aromatic heterocycles. The average molecular weight is 459 g/mol. The fourth-order valence-corrected chi connectivity index (χ4v) is 4.27. The maximum Gasteiger partial charge on any atom is 0.416 e. The smallest absolute Gasteiger partial charge is 0.416 e. The van der Waals surface area contributed by atoms with Gasteiger partial charge in [0.2, 0.25) is 5.91 Å². The van der Waals surface area contributed by atoms with E-state index in [2.05, 4.69) is 5.32 Å². The highest BCUT2D eigenvalue weighted by Crippen LogP contribution is 2.45. The second-order valence-electron chi connectivity index (χ2n) is 8.33. The summed E-state index contributed by atoms with van der Waals surface area (Å²) >= 11 is 0. The number of ketones is 1. The first-order valence-corrected chi connectivity index (χ1v) is 10.8. The summed E-state index contributed by atoms with van der Waals surface area (Å²) in [6, 6.07) is 8.53. The highest BCUT2D eigenvalue weighted by Gasteiger charge is 2.38. The van der Waals surface area contributed by atoms with E-state index in [1.54, 1.807) is 18.2 Å². The van der Waals surface area contributed by atoms with Gasteiger partial charge in [-0.05, 0) is 36.6 Å². The number of ether oxygens (including phenoxy) is 2. The van der Waals surface area contributed by atoms with E-state index >= 15 is 0 Å². The van der Waals surface area contributed by atoms with Crippen molar-refractivity contribution in [1.29, 1.82) is 0 Å². The molecule has 2 heterocycles. The lowest BCUT2D eigenvalue weighted by atomic mass is 9.83. The Balaban J connectivity index is 1.68. The molecule has 1 N–H and O–H groups in total. The number of fused-ring (bicyclic) bond motifs is 2. The topological polar surface area (TPSA) is 64.6 Å². The number of halogens is 3. The van der Waals surface area contributed by atoms with Gasteiger partial charge in [-0.3, -0.25) is 9.59 Å². The van der Waals surface area contributed by atoms with Gasteiger partial charge in [0.1, 0.15) is 23.7 Å². The average Bonchev–Trinajstić information content (AvgIpc) is 2.77. The molecule has 0 aliphatic carbocycles. The molecule has 0 saturated heterocycles. The Labute approximate surface area is 189 Å². The van der Waals surface area contributed by atoms with Crippen LogP contribution in [0.3, 0.4) is 0 Å². The lowest BCUT2D eigenvalue weighted by Gasteiger charge is -2.39. The molecule has 8 heteroatoms. The third-order valence-corrected chi connectivity index (χ3v) is 6.21. The van der Waals surface area contributed by atoms with Gasteiger partial charge in [0.25, 0.3) is 0 Å². The molecule has 2 aromatic carbocycles. The number of carbonyl (C=O) groups is 2. The number of carbonyl (C=O) groups excluding carboxylic acids is 2. The first-order chi connectivity index (χ1) is 15.6. The summed E-state index contributed by atoms with van der Waals surface area (Å²) < 4.78 is 51.3. The minimum absolute atomic E-state index is 0.0411. The van der Waals surface area contributed by atoms with Crippen LogP contribution in [0.5, 0.6) is 11.5 Å². The minimum Gasteiger partial charge on any atom is -0.486 e. The Hall–Kier alpha value is -3.29. The van der Waals surface area contributed by atoms with Gasteiger partial charge in [-0.15, -0.1) is 0 Å². The molecule has 0 atom stereocenters. The summed E-state index contributed by atoms with van der Waals surface area (Å²) in [7, 11) is 0. The van der Waals surface area contributed by atoms with Crippen LogP contribution < -0.4 is 14.8 Å². The molecule has 2 aromatic rings. The van der Waals surface area contributed by atoms with Gasteiger partial charge in [-0.1, -0.05) is 32.0 Å². The van der Waals surface area contributed by atoms with Crippen molar-refractivity contribution in [2.75, 3.05) is 11.9 Å². The molecule has 2 aliphatic rings. The van der Waals surface area contributed by atoms with Crippen LogP contribution in [-0.2, 0) is 22.2 Å². The number of alkyl halides is 3. The van der Waals surface area contributed by atoms with Crippen molar-refractivity contribution in [3.8, 4) is 11.5 Å². The van der Waals surface area contributed by atoms with Gasteiger partial charge in [0.15, 0.2) is 5.78 Å². The van der Waals surface area contributed by atoms with Gasteiger partial charge < -0.3 is 14.8 Å². The zero-order valence-electron chi connectivity index (χ0n) is 18.3. The summed E-state index contributed by atoms with van der Waals surface area (Å²) in [6.45, 7) is 3.77. The molecule has 174 valence electrons. The number of Topliss-reactive ketones (excluding diaryl/α,β-unsaturated/α-hetero) is 1. The Morgan fingerprint density at radius 1 is 1.18 bits per heavy atom. The SMILES string of the molecule is CCC1(CC)C/C(=C\C(=O)Nc2cccc3c2OCC(=O)C3)c2ccc(C(F)(F)F)cc2O1. The van der Waals surface area contributed by atoms with E-state index in [-0.39, 0.29) is 24.6 Å². The highest BCUT2D eigenvalue weighted by molar-refractivity contribution is 6.05. The number of benzene rings is 2. The fourth-order valence-electron chi connectivity index (χ4n) is 4.27. The molecule has 33 heavy (non-hydrogen) atoms. The number of anilines is 1. The van der Waals surface area contributed by atoms with Gasteiger partial charge in [-0.2, -0.15) is 13.2 Å². The number of para-hydroxylation sites is 1. The van der Waals surface area contributed by atoms with Gasteiger partial charge in [-0.25, -0.2) is 0 Å². The van der Waals surface area contributed by atoms with Crippen molar-refractivity contribution in [3.05, 3.63) is 59.2 Å². The van der Waals surface area contributed by atoms with E-state index in [0.29, 0.717) is 47.4 Å². The molecule has 0 unspecified atom stereocenters. The van der Waals surface area contributed by atoms with Gasteiger partial charge in [0.05, 0.1) is 11.3 Å². The number of hydrogen-bond acceptors (Lipinski definition) is 4. The summed E-state index contributed by atoms with van der Waals surface area (Å²) in [5.41, 5.74) is 0.719. The van der Waals surface area contributed by atoms with Crippen LogP contribution in [0.4, 0.5) is 18.9 Å². The van der Waals surface area contributed by atoms with Gasteiger partial charge in [0, 0.05) is 30.0 Å². The number of hydrogen-bond donors (Lipinski definition) is 1. The van der Waals surface area contributed by atoms with Crippen molar-refractivity contribution < 1.29 is 32.2 Å². The zero-order chi connectivity index (χ0) is 23.8. The highest BCUT2D eigenvalue weighted by atomic mass is 19.4. The third kappa shape index (κ3) is 4.60. The predicted octanol–water partition coefficient (Wildman–Crippen LogP) is 5.57. The van der Waals surface area contributed by atoms with Crippen molar-refractivity contribution in [1.82, 2.24) is 0 Å². The monoisotopic (exact) mass is 459 g/mol. The molecular formula is C25H24F3NO4. The molecule has 2 aliphatic heterocycles. The van der Waals surface area contributed by atoms with Crippen molar-refractivity contribution in [2.24, 2.45) is 0 Å². The maximum absolute atomic E-state index is 13.3. The van der Waals surface area contributed by atoms with Crippen LogP contribution in [0.2, 0.25) is 0 Å². The van der Waals surface area contributed by atoms with Crippen LogP contribution in [0.1, 0.15) is 49.8 Å². The largest absolute Gasteiger partial charge is 0.486 e. The van der Waals surface area contributed by atoms with E-state index in [4.69, 9.17) is 9.47 Å². The van der Waals surface area contributed by atoms with Crippen LogP contribution in [0.15, 0.2) is 42.5 Å². The molecule has 5 nitrogen and oxygen atoms in total. The fraction of sp³-hybridized carbons (Fsp3) is 0.360. The maximum atomic E-state index is 13.3. The number of rotatable bonds is 4. The molecule has 0 fully saturated rings. The normalized spacial score (nSPS) is 18.1. The Morgan fingerprint density at radius 3 is 2.64 bits per heavy atom. The van der Waals surface area contributed by atoms with E-state index < -0.39 is 23.2 Å². The quantitative estimate of drug-likeness (QED) is 0.607. The standard InChI is InChI=1S/C25H24F3NO4/c1-3-24(4-2)13-16(19-9-8-17(25(26,27)28)12-21(19)33-24)11-22(31)29-20-7-5-6-15-10-18(30)14-32-23(15)20/h5-9,11-12H,3-4,10,13-14H2,1-2H3,(H,29,31)/b16-11+. The Morgan fingerprint density at radius 2 is 1.94 bits per heavy atom. The minimum atomic E-state index is -4.49. The molecule has 0 saturated carbocycles. The summed E-state index contributed by atoms with van der Waals surface area (Å²) in [5, 5.41) is 2.79. The number of amides is 1. The summed E-state index contributed by atoms with van der Waals surface area (Å²) in [5.74, 6) is 0.105. The van der Waals surface area contributed by atoms with Crippen LogP contribution in [0, 0.1) is 0 Å². The second-order valence-corrected chi connectivity index (χ2v) is 8.33. The molecular weight excluding hydrogens is 435 g/mol. The van der Waals surface area contributed by atoms with E-state index in [1.807, 2.05) is 13.8 Å². The first kappa shape index (κ1) is 22.9. The van der Waals surface area contributed by atoms with Crippen molar-refractivity contribution in [3.63, 3.8) is 0 Å². The van der Waals surface area contributed by atoms with Crippen LogP contribution >= 0.6 is 0 Å². The third-order valence-electron chi connectivity index (χ3n) is 6.21. The van der Waals surface area contributed by atoms with E-state index in [9.17, 15) is 22.8 Å². The Bertz CT molecular complexity index is 1130. The predicted molar refractivity (Wildman–Crippen MR) is 117 cm³/mol. The summed E-state index contributed by atoms with van der Waals surface area (Å²) in [4.78, 5) is 24.6. The zero-order valence-corrected chi connectivity index (χ0v) is 18.3. The molecule has 0 spiro atoms. The molecule has 4 rings (SSSR count). The molecule has 0 radical (unpaired) electrons. The van der Waals surface area contributed by atoms with E-state index in [1.165, 1.54) is 12.1 Å². The molecule has 1 amide bonds. The van der Waals surface area contributed by atoms with E-state index in [0.717, 1.165) is 12.1 Å². The van der Waals surface area contributed by atoms with Crippen LogP contribution in [0.25, 0.3) is 5.57 Å². The lowest BCUT2D eigenvalue weighted by Crippen LogP contribution is -2.38. The lowest BCUT2D eigenvalue weighted by molar-refractivity contribution is -0.137. The van der Waals surface area contributed by atoms with Gasteiger partial charge >= 0.3 is 6.18 Å².